The lowest BCUT2D eigenvalue weighted by Crippen LogP contribution is -2.10. The van der Waals surface area contributed by atoms with E-state index in [0.717, 1.165) is 23.6 Å². The van der Waals surface area contributed by atoms with Crippen LogP contribution in [0, 0.1) is 0 Å². The second kappa shape index (κ2) is 6.13. The Kier molecular flexibility index (Phi) is 4.49. The first-order chi connectivity index (χ1) is 9.49. The Balaban J connectivity index is 2.13. The maximum Gasteiger partial charge on any atom is 0.433 e. The van der Waals surface area contributed by atoms with E-state index in [9.17, 15) is 13.2 Å². The van der Waals surface area contributed by atoms with Gasteiger partial charge in [-0.2, -0.15) is 24.9 Å². The van der Waals surface area contributed by atoms with E-state index >= 15 is 0 Å². The number of benzene rings is 1. The average Bonchev–Trinajstić information content (AvgIpc) is 2.41. The summed E-state index contributed by atoms with van der Waals surface area (Å²) in [5, 5.41) is 2.76. The molecule has 1 heterocycles. The van der Waals surface area contributed by atoms with Gasteiger partial charge in [-0.25, -0.2) is 9.97 Å². The predicted octanol–water partition coefficient (Wildman–Crippen LogP) is 4.10. The van der Waals surface area contributed by atoms with E-state index in [1.54, 1.807) is 23.9 Å². The molecule has 0 unspecified atom stereocenters. The zero-order chi connectivity index (χ0) is 14.6. The van der Waals surface area contributed by atoms with Crippen LogP contribution in [0.25, 0.3) is 0 Å². The van der Waals surface area contributed by atoms with Crippen molar-refractivity contribution in [3.05, 3.63) is 47.8 Å². The molecule has 0 aliphatic heterocycles. The predicted molar refractivity (Wildman–Crippen MR) is 74.0 cm³/mol. The summed E-state index contributed by atoms with van der Waals surface area (Å²) >= 11 is 1.70. The maximum absolute atomic E-state index is 12.5. The molecule has 0 aliphatic carbocycles. The van der Waals surface area contributed by atoms with Crippen LogP contribution < -0.4 is 5.32 Å². The van der Waals surface area contributed by atoms with E-state index in [1.165, 1.54) is 0 Å². The van der Waals surface area contributed by atoms with E-state index < -0.39 is 11.9 Å². The van der Waals surface area contributed by atoms with Gasteiger partial charge in [-0.15, -0.1) is 0 Å². The van der Waals surface area contributed by atoms with Crippen molar-refractivity contribution in [3.8, 4) is 0 Å². The molecular weight excluding hydrogens is 287 g/mol. The average molecular weight is 299 g/mol. The van der Waals surface area contributed by atoms with Gasteiger partial charge in [0.05, 0.1) is 0 Å². The van der Waals surface area contributed by atoms with Crippen LogP contribution in [-0.2, 0) is 11.9 Å². The van der Waals surface area contributed by atoms with Gasteiger partial charge in [-0.1, -0.05) is 12.1 Å². The summed E-state index contributed by atoms with van der Waals surface area (Å²) in [5.74, 6) is 0.817. The SMILES string of the molecule is CSCc1ccc(Nc2nccc(C(F)(F)F)n2)cc1. The second-order valence-electron chi connectivity index (χ2n) is 4.02. The van der Waals surface area contributed by atoms with Crippen molar-refractivity contribution in [1.82, 2.24) is 9.97 Å². The van der Waals surface area contributed by atoms with Crippen LogP contribution in [0.3, 0.4) is 0 Å². The maximum atomic E-state index is 12.5. The summed E-state index contributed by atoms with van der Waals surface area (Å²) in [5.41, 5.74) is 0.830. The lowest BCUT2D eigenvalue weighted by Gasteiger charge is -2.09. The summed E-state index contributed by atoms with van der Waals surface area (Å²) in [6, 6.07) is 8.23. The Morgan fingerprint density at radius 2 is 1.85 bits per heavy atom. The van der Waals surface area contributed by atoms with Crippen molar-refractivity contribution >= 4 is 23.4 Å². The molecule has 0 bridgehead atoms. The topological polar surface area (TPSA) is 37.8 Å². The number of aromatic nitrogens is 2. The largest absolute Gasteiger partial charge is 0.433 e. The molecule has 0 aliphatic rings. The number of hydrogen-bond acceptors (Lipinski definition) is 4. The fourth-order valence-corrected chi connectivity index (χ4v) is 2.08. The van der Waals surface area contributed by atoms with Crippen molar-refractivity contribution in [1.29, 1.82) is 0 Å². The van der Waals surface area contributed by atoms with Crippen LogP contribution in [0.1, 0.15) is 11.3 Å². The van der Waals surface area contributed by atoms with Gasteiger partial charge in [0.25, 0.3) is 0 Å². The van der Waals surface area contributed by atoms with Crippen molar-refractivity contribution in [2.45, 2.75) is 11.9 Å². The zero-order valence-electron chi connectivity index (χ0n) is 10.6. The molecular formula is C13H12F3N3S. The Labute approximate surface area is 118 Å². The number of hydrogen-bond donors (Lipinski definition) is 1. The number of halogens is 3. The minimum absolute atomic E-state index is 0.0718. The molecule has 0 amide bonds. The van der Waals surface area contributed by atoms with Crippen molar-refractivity contribution in [2.75, 3.05) is 11.6 Å². The first kappa shape index (κ1) is 14.6. The normalized spacial score (nSPS) is 11.4. The van der Waals surface area contributed by atoms with E-state index in [-0.39, 0.29) is 5.95 Å². The molecule has 106 valence electrons. The third-order valence-electron chi connectivity index (χ3n) is 2.47. The molecule has 1 aromatic carbocycles. The number of nitrogens with zero attached hydrogens (tertiary/aromatic N) is 2. The first-order valence-electron chi connectivity index (χ1n) is 5.74. The summed E-state index contributed by atoms with van der Waals surface area (Å²) < 4.78 is 37.6. The highest BCUT2D eigenvalue weighted by Crippen LogP contribution is 2.28. The van der Waals surface area contributed by atoms with Gasteiger partial charge >= 0.3 is 6.18 Å². The van der Waals surface area contributed by atoms with Gasteiger partial charge in [0.2, 0.25) is 5.95 Å². The summed E-state index contributed by atoms with van der Waals surface area (Å²) in [6.45, 7) is 0. The fourth-order valence-electron chi connectivity index (χ4n) is 1.56. The third kappa shape index (κ3) is 3.86. The second-order valence-corrected chi connectivity index (χ2v) is 4.88. The fraction of sp³-hybridized carbons (Fsp3) is 0.231. The number of alkyl halides is 3. The lowest BCUT2D eigenvalue weighted by molar-refractivity contribution is -0.141. The van der Waals surface area contributed by atoms with Crippen LogP contribution in [0.15, 0.2) is 36.5 Å². The highest BCUT2D eigenvalue weighted by atomic mass is 32.2. The number of nitrogens with one attached hydrogen (secondary N) is 1. The molecule has 2 rings (SSSR count). The van der Waals surface area contributed by atoms with Gasteiger partial charge in [0.1, 0.15) is 5.69 Å². The van der Waals surface area contributed by atoms with Gasteiger partial charge in [-0.05, 0) is 30.0 Å². The quantitative estimate of drug-likeness (QED) is 0.922. The zero-order valence-corrected chi connectivity index (χ0v) is 11.4. The molecule has 1 N–H and O–H groups in total. The van der Waals surface area contributed by atoms with Crippen molar-refractivity contribution in [3.63, 3.8) is 0 Å². The number of anilines is 2. The minimum Gasteiger partial charge on any atom is -0.324 e. The Bertz CT molecular complexity index is 570. The van der Waals surface area contributed by atoms with E-state index in [1.807, 2.05) is 18.4 Å². The van der Waals surface area contributed by atoms with Gasteiger partial charge in [-0.3, -0.25) is 0 Å². The van der Waals surface area contributed by atoms with Crippen LogP contribution in [-0.4, -0.2) is 16.2 Å². The minimum atomic E-state index is -4.47. The van der Waals surface area contributed by atoms with E-state index in [2.05, 4.69) is 15.3 Å². The first-order valence-corrected chi connectivity index (χ1v) is 7.13. The number of thioether (sulfide) groups is 1. The monoisotopic (exact) mass is 299 g/mol. The summed E-state index contributed by atoms with van der Waals surface area (Å²) in [4.78, 5) is 7.23. The number of rotatable bonds is 4. The molecule has 20 heavy (non-hydrogen) atoms. The van der Waals surface area contributed by atoms with Gasteiger partial charge in [0.15, 0.2) is 0 Å². The Morgan fingerprint density at radius 1 is 1.15 bits per heavy atom. The smallest absolute Gasteiger partial charge is 0.324 e. The van der Waals surface area contributed by atoms with Crippen LogP contribution >= 0.6 is 11.8 Å². The van der Waals surface area contributed by atoms with Crippen LogP contribution in [0.5, 0.6) is 0 Å². The molecule has 0 atom stereocenters. The van der Waals surface area contributed by atoms with Crippen LogP contribution in [0.2, 0.25) is 0 Å². The summed E-state index contributed by atoms with van der Waals surface area (Å²) in [6.07, 6.45) is -1.38. The summed E-state index contributed by atoms with van der Waals surface area (Å²) in [7, 11) is 0. The third-order valence-corrected chi connectivity index (χ3v) is 3.09. The Morgan fingerprint density at radius 3 is 2.45 bits per heavy atom. The molecule has 2 aromatic rings. The van der Waals surface area contributed by atoms with Crippen molar-refractivity contribution < 1.29 is 13.2 Å². The molecule has 0 spiro atoms. The molecule has 0 fully saturated rings. The molecule has 3 nitrogen and oxygen atoms in total. The molecule has 0 saturated heterocycles. The van der Waals surface area contributed by atoms with Crippen LogP contribution in [0.4, 0.5) is 24.8 Å². The van der Waals surface area contributed by atoms with Gasteiger partial charge in [0, 0.05) is 17.6 Å². The highest BCUT2D eigenvalue weighted by Gasteiger charge is 2.32. The standard InChI is InChI=1S/C13H12F3N3S/c1-20-8-9-2-4-10(5-3-9)18-12-17-7-6-11(19-12)13(14,15)16/h2-7H,8H2,1H3,(H,17,18,19). The van der Waals surface area contributed by atoms with E-state index in [0.29, 0.717) is 5.69 Å². The molecule has 0 saturated carbocycles. The highest BCUT2D eigenvalue weighted by molar-refractivity contribution is 7.97. The molecule has 1 aromatic heterocycles. The molecule has 7 heteroatoms. The lowest BCUT2D eigenvalue weighted by atomic mass is 10.2. The Hall–Kier alpha value is -1.76. The van der Waals surface area contributed by atoms with E-state index in [4.69, 9.17) is 0 Å². The van der Waals surface area contributed by atoms with Gasteiger partial charge < -0.3 is 5.32 Å². The molecule has 0 radical (unpaired) electrons. The van der Waals surface area contributed by atoms with Crippen molar-refractivity contribution in [2.24, 2.45) is 0 Å².